The van der Waals surface area contributed by atoms with Gasteiger partial charge >= 0.3 is 0 Å². The predicted molar refractivity (Wildman–Crippen MR) is 106 cm³/mol. The number of aromatic hydroxyl groups is 1. The minimum atomic E-state index is -0.223. The Bertz CT molecular complexity index is 736. The maximum absolute atomic E-state index is 12.0. The topological polar surface area (TPSA) is 98.6 Å². The van der Waals surface area contributed by atoms with Gasteiger partial charge in [0.05, 0.1) is 10.7 Å². The predicted octanol–water partition coefficient (Wildman–Crippen LogP) is 2.20. The number of thiazole rings is 1. The average molecular weight is 375 g/mol. The van der Waals surface area contributed by atoms with Crippen LogP contribution in [0.3, 0.4) is 0 Å². The first kappa shape index (κ1) is 19.7. The lowest BCUT2D eigenvalue weighted by Crippen LogP contribution is -2.39. The van der Waals surface area contributed by atoms with Gasteiger partial charge in [0.25, 0.3) is 0 Å². The maximum Gasteiger partial charge on any atom is 0.246 e. The van der Waals surface area contributed by atoms with E-state index >= 15 is 0 Å². The average Bonchev–Trinajstić information content (AvgIpc) is 2.92. The van der Waals surface area contributed by atoms with E-state index in [2.05, 4.69) is 32.9 Å². The second-order valence-corrected chi connectivity index (χ2v) is 7.00. The van der Waals surface area contributed by atoms with Crippen molar-refractivity contribution in [3.8, 4) is 5.75 Å². The molecule has 0 radical (unpaired) electrons. The van der Waals surface area contributed by atoms with Gasteiger partial charge in [-0.1, -0.05) is 0 Å². The minimum absolute atomic E-state index is 0.00563. The van der Waals surface area contributed by atoms with E-state index in [-0.39, 0.29) is 18.2 Å². The van der Waals surface area contributed by atoms with Crippen molar-refractivity contribution in [3.63, 3.8) is 0 Å². The molecule has 0 aliphatic rings. The second kappa shape index (κ2) is 9.76. The zero-order valence-corrected chi connectivity index (χ0v) is 16.1. The van der Waals surface area contributed by atoms with Gasteiger partial charge in [0.15, 0.2) is 5.96 Å². The van der Waals surface area contributed by atoms with Crippen molar-refractivity contribution in [3.05, 3.63) is 39.8 Å². The molecule has 8 heteroatoms. The van der Waals surface area contributed by atoms with Gasteiger partial charge in [-0.05, 0) is 45.0 Å². The highest BCUT2D eigenvalue weighted by atomic mass is 32.1. The number of amides is 1. The lowest BCUT2D eigenvalue weighted by molar-refractivity contribution is -0.114. The van der Waals surface area contributed by atoms with Gasteiger partial charge < -0.3 is 21.1 Å². The molecule has 1 aromatic carbocycles. The Kier molecular flexibility index (Phi) is 7.40. The fourth-order valence-electron chi connectivity index (χ4n) is 2.17. The SMILES string of the molecule is CCNC(=NCC(=O)Nc1ccc(O)cc1)NCCc1nc(C)c(C)s1. The Hall–Kier alpha value is -2.61. The number of hydrogen-bond donors (Lipinski definition) is 4. The van der Waals surface area contributed by atoms with Crippen LogP contribution in [0.5, 0.6) is 5.75 Å². The van der Waals surface area contributed by atoms with E-state index in [4.69, 9.17) is 0 Å². The van der Waals surface area contributed by atoms with Crippen LogP contribution < -0.4 is 16.0 Å². The number of hydrogen-bond acceptors (Lipinski definition) is 5. The lowest BCUT2D eigenvalue weighted by atomic mass is 10.3. The van der Waals surface area contributed by atoms with Crippen LogP contribution in [0.2, 0.25) is 0 Å². The summed E-state index contributed by atoms with van der Waals surface area (Å²) < 4.78 is 0. The number of rotatable bonds is 7. The van der Waals surface area contributed by atoms with Crippen LogP contribution in [0.25, 0.3) is 0 Å². The third-order valence-corrected chi connectivity index (χ3v) is 4.71. The van der Waals surface area contributed by atoms with E-state index in [1.807, 2.05) is 13.8 Å². The van der Waals surface area contributed by atoms with E-state index in [0.717, 1.165) is 17.1 Å². The third-order valence-electron chi connectivity index (χ3n) is 3.58. The van der Waals surface area contributed by atoms with Crippen molar-refractivity contribution in [2.45, 2.75) is 27.2 Å². The molecular formula is C18H25N5O2S. The van der Waals surface area contributed by atoms with Gasteiger partial charge in [-0.25, -0.2) is 9.98 Å². The van der Waals surface area contributed by atoms with Crippen LogP contribution in [-0.4, -0.2) is 41.6 Å². The molecule has 1 heterocycles. The number of aliphatic imine (C=N–C) groups is 1. The molecule has 0 aliphatic carbocycles. The number of guanidine groups is 1. The molecule has 2 aromatic rings. The number of carbonyl (C=O) groups is 1. The number of phenols is 1. The molecule has 0 unspecified atom stereocenters. The van der Waals surface area contributed by atoms with Crippen LogP contribution in [0.1, 0.15) is 22.5 Å². The van der Waals surface area contributed by atoms with Gasteiger partial charge in [0.2, 0.25) is 5.91 Å². The van der Waals surface area contributed by atoms with Crippen LogP contribution in [0.15, 0.2) is 29.3 Å². The molecule has 140 valence electrons. The summed E-state index contributed by atoms with van der Waals surface area (Å²) in [4.78, 5) is 22.1. The molecule has 0 fully saturated rings. The molecule has 1 amide bonds. The Morgan fingerprint density at radius 1 is 1.23 bits per heavy atom. The van der Waals surface area contributed by atoms with Crippen molar-refractivity contribution in [2.75, 3.05) is 25.0 Å². The molecule has 0 atom stereocenters. The Morgan fingerprint density at radius 3 is 2.58 bits per heavy atom. The van der Waals surface area contributed by atoms with Crippen molar-refractivity contribution in [1.82, 2.24) is 15.6 Å². The van der Waals surface area contributed by atoms with Gasteiger partial charge in [-0.15, -0.1) is 11.3 Å². The molecule has 26 heavy (non-hydrogen) atoms. The Balaban J connectivity index is 1.82. The zero-order valence-electron chi connectivity index (χ0n) is 15.3. The normalized spacial score (nSPS) is 11.3. The summed E-state index contributed by atoms with van der Waals surface area (Å²) in [5.74, 6) is 0.530. The summed E-state index contributed by atoms with van der Waals surface area (Å²) in [5.41, 5.74) is 1.70. The van der Waals surface area contributed by atoms with E-state index in [9.17, 15) is 9.90 Å². The summed E-state index contributed by atoms with van der Waals surface area (Å²) in [6.45, 7) is 7.47. The molecule has 4 N–H and O–H groups in total. The fourth-order valence-corrected chi connectivity index (χ4v) is 3.11. The number of phenolic OH excluding ortho intramolecular Hbond substituents is 1. The minimum Gasteiger partial charge on any atom is -0.508 e. The number of aromatic nitrogens is 1. The Morgan fingerprint density at radius 2 is 1.96 bits per heavy atom. The number of nitrogens with one attached hydrogen (secondary N) is 3. The fraction of sp³-hybridized carbons (Fsp3) is 0.389. The molecule has 1 aromatic heterocycles. The van der Waals surface area contributed by atoms with Crippen molar-refractivity contribution in [1.29, 1.82) is 0 Å². The van der Waals surface area contributed by atoms with E-state index in [1.165, 1.54) is 17.0 Å². The summed E-state index contributed by atoms with van der Waals surface area (Å²) in [7, 11) is 0. The number of benzene rings is 1. The standard InChI is InChI=1S/C18H25N5O2S/c1-4-19-18(20-10-9-17-22-12(2)13(3)26-17)21-11-16(25)23-14-5-7-15(24)8-6-14/h5-8,24H,4,9-11H2,1-3H3,(H,23,25)(H2,19,20,21). The van der Waals surface area contributed by atoms with Gasteiger partial charge in [-0.2, -0.15) is 0 Å². The molecule has 0 saturated carbocycles. The number of anilines is 1. The van der Waals surface area contributed by atoms with Crippen molar-refractivity contribution in [2.24, 2.45) is 4.99 Å². The molecule has 0 saturated heterocycles. The summed E-state index contributed by atoms with van der Waals surface area (Å²) in [5, 5.41) is 19.4. The van der Waals surface area contributed by atoms with Crippen molar-refractivity contribution < 1.29 is 9.90 Å². The number of nitrogens with zero attached hydrogens (tertiary/aromatic N) is 2. The zero-order chi connectivity index (χ0) is 18.9. The maximum atomic E-state index is 12.0. The number of carbonyl (C=O) groups excluding carboxylic acids is 1. The summed E-state index contributed by atoms with van der Waals surface area (Å²) in [6, 6.07) is 6.32. The molecule has 0 bridgehead atoms. The molecule has 0 spiro atoms. The van der Waals surface area contributed by atoms with Crippen LogP contribution >= 0.6 is 11.3 Å². The van der Waals surface area contributed by atoms with E-state index in [1.54, 1.807) is 23.5 Å². The first-order valence-electron chi connectivity index (χ1n) is 8.52. The highest BCUT2D eigenvalue weighted by molar-refractivity contribution is 7.11. The molecular weight excluding hydrogens is 350 g/mol. The van der Waals surface area contributed by atoms with Gasteiger partial charge in [0.1, 0.15) is 12.3 Å². The van der Waals surface area contributed by atoms with Crippen LogP contribution in [-0.2, 0) is 11.2 Å². The van der Waals surface area contributed by atoms with Crippen LogP contribution in [0, 0.1) is 13.8 Å². The quantitative estimate of drug-likeness (QED) is 0.338. The third kappa shape index (κ3) is 6.36. The van der Waals surface area contributed by atoms with E-state index < -0.39 is 0 Å². The highest BCUT2D eigenvalue weighted by Crippen LogP contribution is 2.16. The van der Waals surface area contributed by atoms with Crippen LogP contribution in [0.4, 0.5) is 5.69 Å². The Labute approximate surface area is 157 Å². The van der Waals surface area contributed by atoms with Crippen molar-refractivity contribution >= 4 is 28.9 Å². The largest absolute Gasteiger partial charge is 0.508 e. The lowest BCUT2D eigenvalue weighted by Gasteiger charge is -2.10. The molecule has 7 nitrogen and oxygen atoms in total. The highest BCUT2D eigenvalue weighted by Gasteiger charge is 2.06. The second-order valence-electron chi connectivity index (χ2n) is 5.72. The molecule has 0 aliphatic heterocycles. The van der Waals surface area contributed by atoms with Gasteiger partial charge in [0, 0.05) is 30.1 Å². The molecule has 2 rings (SSSR count). The van der Waals surface area contributed by atoms with Gasteiger partial charge in [-0.3, -0.25) is 4.79 Å². The first-order valence-corrected chi connectivity index (χ1v) is 9.33. The van der Waals surface area contributed by atoms with E-state index in [0.29, 0.717) is 24.7 Å². The summed E-state index contributed by atoms with van der Waals surface area (Å²) >= 11 is 1.71. The first-order chi connectivity index (χ1) is 12.5. The summed E-state index contributed by atoms with van der Waals surface area (Å²) in [6.07, 6.45) is 0.809. The smallest absolute Gasteiger partial charge is 0.246 e. The number of aryl methyl sites for hydroxylation is 2. The monoisotopic (exact) mass is 375 g/mol.